The van der Waals surface area contributed by atoms with Crippen LogP contribution in [-0.2, 0) is 13.2 Å². The molecule has 2 rings (SSSR count). The van der Waals surface area contributed by atoms with Crippen molar-refractivity contribution in [1.82, 2.24) is 9.78 Å². The third-order valence-corrected chi connectivity index (χ3v) is 2.54. The molecule has 0 spiro atoms. The summed E-state index contributed by atoms with van der Waals surface area (Å²) in [6.07, 6.45) is -4.52. The Bertz CT molecular complexity index is 617. The van der Waals surface area contributed by atoms with Gasteiger partial charge in [-0.05, 0) is 18.2 Å². The first-order chi connectivity index (χ1) is 8.79. The number of hydrogen-bond donors (Lipinski definition) is 0. The summed E-state index contributed by atoms with van der Waals surface area (Å²) >= 11 is 0. The van der Waals surface area contributed by atoms with E-state index in [-0.39, 0.29) is 11.4 Å². The number of nitro benzene ring substituents is 1. The number of hydrogen-bond acceptors (Lipinski definition) is 3. The zero-order valence-corrected chi connectivity index (χ0v) is 9.68. The Morgan fingerprint density at radius 1 is 1.26 bits per heavy atom. The lowest BCUT2D eigenvalue weighted by Gasteiger charge is -2.00. The van der Waals surface area contributed by atoms with Gasteiger partial charge in [0.05, 0.1) is 10.6 Å². The number of nitrogens with zero attached hydrogens (tertiary/aromatic N) is 3. The van der Waals surface area contributed by atoms with E-state index in [4.69, 9.17) is 0 Å². The predicted molar refractivity (Wildman–Crippen MR) is 60.3 cm³/mol. The monoisotopic (exact) mass is 271 g/mol. The van der Waals surface area contributed by atoms with Crippen LogP contribution < -0.4 is 0 Å². The van der Waals surface area contributed by atoms with Gasteiger partial charge in [0.25, 0.3) is 5.69 Å². The molecule has 8 heteroatoms. The molecule has 0 saturated heterocycles. The normalized spacial score (nSPS) is 11.6. The average Bonchev–Trinajstić information content (AvgIpc) is 2.71. The molecule has 0 aliphatic rings. The van der Waals surface area contributed by atoms with E-state index in [2.05, 4.69) is 5.10 Å². The van der Waals surface area contributed by atoms with Crippen molar-refractivity contribution in [2.75, 3.05) is 0 Å². The van der Waals surface area contributed by atoms with Gasteiger partial charge in [0.2, 0.25) is 0 Å². The number of benzene rings is 1. The van der Waals surface area contributed by atoms with Crippen molar-refractivity contribution < 1.29 is 18.1 Å². The molecule has 1 heterocycles. The molecule has 0 bridgehead atoms. The Kier molecular flexibility index (Phi) is 3.01. The van der Waals surface area contributed by atoms with Gasteiger partial charge in [-0.2, -0.15) is 18.3 Å². The van der Waals surface area contributed by atoms with Gasteiger partial charge in [0, 0.05) is 24.7 Å². The Morgan fingerprint density at radius 3 is 2.26 bits per heavy atom. The molecule has 0 N–H and O–H groups in total. The number of rotatable bonds is 2. The summed E-state index contributed by atoms with van der Waals surface area (Å²) in [5, 5.41) is 13.9. The SMILES string of the molecule is Cn1nc(C(F)(F)F)cc1-c1ccc([N+](=O)[O-])cc1. The molecule has 0 radical (unpaired) electrons. The number of alkyl halides is 3. The lowest BCUT2D eigenvalue weighted by Crippen LogP contribution is -2.06. The molecular weight excluding hydrogens is 263 g/mol. The average molecular weight is 271 g/mol. The van der Waals surface area contributed by atoms with Gasteiger partial charge in [-0.15, -0.1) is 0 Å². The summed E-state index contributed by atoms with van der Waals surface area (Å²) in [5.74, 6) is 0. The maximum absolute atomic E-state index is 12.5. The standard InChI is InChI=1S/C11H8F3N3O2/c1-16-9(6-10(15-16)11(12,13)14)7-2-4-8(5-3-7)17(18)19/h2-6H,1H3. The topological polar surface area (TPSA) is 61.0 Å². The number of nitro groups is 1. The van der Waals surface area contributed by atoms with Gasteiger partial charge in [-0.25, -0.2) is 0 Å². The van der Waals surface area contributed by atoms with E-state index in [1.54, 1.807) is 0 Å². The summed E-state index contributed by atoms with van der Waals surface area (Å²) in [5.41, 5.74) is -0.455. The minimum atomic E-state index is -4.52. The first-order valence-corrected chi connectivity index (χ1v) is 5.15. The van der Waals surface area contributed by atoms with Crippen LogP contribution in [0.25, 0.3) is 11.3 Å². The zero-order valence-electron chi connectivity index (χ0n) is 9.68. The van der Waals surface area contributed by atoms with Crippen LogP contribution in [0.3, 0.4) is 0 Å². The quantitative estimate of drug-likeness (QED) is 0.623. The fraction of sp³-hybridized carbons (Fsp3) is 0.182. The summed E-state index contributed by atoms with van der Waals surface area (Å²) < 4.78 is 38.6. The molecule has 0 fully saturated rings. The van der Waals surface area contributed by atoms with Crippen molar-refractivity contribution in [3.05, 3.63) is 46.1 Å². The summed E-state index contributed by atoms with van der Waals surface area (Å²) in [6, 6.07) is 6.14. The fourth-order valence-corrected chi connectivity index (χ4v) is 1.63. The predicted octanol–water partition coefficient (Wildman–Crippen LogP) is 3.01. The lowest BCUT2D eigenvalue weighted by molar-refractivity contribution is -0.384. The van der Waals surface area contributed by atoms with Gasteiger partial charge in [-0.3, -0.25) is 14.8 Å². The van der Waals surface area contributed by atoms with Crippen molar-refractivity contribution in [3.63, 3.8) is 0 Å². The molecule has 1 aromatic heterocycles. The summed E-state index contributed by atoms with van der Waals surface area (Å²) in [6.45, 7) is 0. The van der Waals surface area contributed by atoms with Gasteiger partial charge < -0.3 is 0 Å². The molecule has 100 valence electrons. The molecule has 0 aliphatic heterocycles. The van der Waals surface area contributed by atoms with Crippen LogP contribution in [0.2, 0.25) is 0 Å². The maximum atomic E-state index is 12.5. The van der Waals surface area contributed by atoms with Crippen LogP contribution >= 0.6 is 0 Å². The molecule has 2 aromatic rings. The van der Waals surface area contributed by atoms with Gasteiger partial charge in [-0.1, -0.05) is 0 Å². The maximum Gasteiger partial charge on any atom is 0.435 e. The summed E-state index contributed by atoms with van der Waals surface area (Å²) in [7, 11) is 1.38. The first-order valence-electron chi connectivity index (χ1n) is 5.15. The van der Waals surface area contributed by atoms with Crippen molar-refractivity contribution in [1.29, 1.82) is 0 Å². The van der Waals surface area contributed by atoms with E-state index < -0.39 is 16.8 Å². The number of aryl methyl sites for hydroxylation is 1. The highest BCUT2D eigenvalue weighted by molar-refractivity contribution is 5.61. The largest absolute Gasteiger partial charge is 0.435 e. The molecule has 19 heavy (non-hydrogen) atoms. The molecule has 0 unspecified atom stereocenters. The van der Waals surface area contributed by atoms with E-state index in [0.717, 1.165) is 10.7 Å². The minimum absolute atomic E-state index is 0.123. The minimum Gasteiger partial charge on any atom is -0.267 e. The van der Waals surface area contributed by atoms with Crippen molar-refractivity contribution in [3.8, 4) is 11.3 Å². The van der Waals surface area contributed by atoms with Crippen molar-refractivity contribution in [2.45, 2.75) is 6.18 Å². The van der Waals surface area contributed by atoms with E-state index in [1.807, 2.05) is 0 Å². The molecule has 1 aromatic carbocycles. The molecule has 5 nitrogen and oxygen atoms in total. The van der Waals surface area contributed by atoms with E-state index in [0.29, 0.717) is 5.56 Å². The van der Waals surface area contributed by atoms with Crippen LogP contribution in [0.4, 0.5) is 18.9 Å². The van der Waals surface area contributed by atoms with Crippen LogP contribution in [0.15, 0.2) is 30.3 Å². The van der Waals surface area contributed by atoms with Gasteiger partial charge >= 0.3 is 6.18 Å². The first kappa shape index (κ1) is 13.1. The van der Waals surface area contributed by atoms with Crippen molar-refractivity contribution >= 4 is 5.69 Å². The van der Waals surface area contributed by atoms with Gasteiger partial charge in [0.15, 0.2) is 5.69 Å². The highest BCUT2D eigenvalue weighted by Gasteiger charge is 2.34. The van der Waals surface area contributed by atoms with Gasteiger partial charge in [0.1, 0.15) is 0 Å². The van der Waals surface area contributed by atoms with Crippen LogP contribution in [0.1, 0.15) is 5.69 Å². The molecule has 0 saturated carbocycles. The second-order valence-electron chi connectivity index (χ2n) is 3.84. The van der Waals surface area contributed by atoms with Crippen LogP contribution in [-0.4, -0.2) is 14.7 Å². The third kappa shape index (κ3) is 2.56. The van der Waals surface area contributed by atoms with Crippen molar-refractivity contribution in [2.24, 2.45) is 7.05 Å². The highest BCUT2D eigenvalue weighted by Crippen LogP contribution is 2.31. The third-order valence-electron chi connectivity index (χ3n) is 2.54. The zero-order chi connectivity index (χ0) is 14.2. The van der Waals surface area contributed by atoms with E-state index >= 15 is 0 Å². The Morgan fingerprint density at radius 2 is 1.84 bits per heavy atom. The van der Waals surface area contributed by atoms with E-state index in [1.165, 1.54) is 31.3 Å². The number of halogens is 3. The van der Waals surface area contributed by atoms with E-state index in [9.17, 15) is 23.3 Å². The lowest BCUT2D eigenvalue weighted by atomic mass is 10.1. The Hall–Kier alpha value is -2.38. The Balaban J connectivity index is 2.42. The smallest absolute Gasteiger partial charge is 0.267 e. The fourth-order valence-electron chi connectivity index (χ4n) is 1.63. The van der Waals surface area contributed by atoms with Crippen LogP contribution in [0.5, 0.6) is 0 Å². The summed E-state index contributed by atoms with van der Waals surface area (Å²) in [4.78, 5) is 9.92. The Labute approximate surface area is 105 Å². The molecule has 0 amide bonds. The molecular formula is C11H8F3N3O2. The second-order valence-corrected chi connectivity index (χ2v) is 3.84. The second kappa shape index (κ2) is 4.38. The molecule has 0 atom stereocenters. The highest BCUT2D eigenvalue weighted by atomic mass is 19.4. The molecule has 0 aliphatic carbocycles. The number of non-ortho nitro benzene ring substituents is 1. The van der Waals surface area contributed by atoms with Crippen LogP contribution in [0, 0.1) is 10.1 Å². The number of aromatic nitrogens is 2.